The number of likely N-dealkylation sites (N-methyl/N-ethyl adjacent to an activating group) is 1. The molecule has 84 valence electrons. The monoisotopic (exact) mass is 201 g/mol. The Labute approximate surface area is 87.4 Å². The number of carbonyl (C=O) groups is 1. The van der Waals surface area contributed by atoms with Crippen LogP contribution in [0.3, 0.4) is 0 Å². The normalized spacial score (nSPS) is 12.1. The van der Waals surface area contributed by atoms with Crippen LogP contribution in [0.2, 0.25) is 0 Å². The van der Waals surface area contributed by atoms with Gasteiger partial charge in [-0.15, -0.1) is 0 Å². The van der Waals surface area contributed by atoms with Crippen molar-refractivity contribution in [2.24, 2.45) is 5.41 Å². The Morgan fingerprint density at radius 2 is 2.00 bits per heavy atom. The molecule has 3 nitrogen and oxygen atoms in total. The third kappa shape index (κ3) is 6.11. The fourth-order valence-corrected chi connectivity index (χ4v) is 1.30. The zero-order valence-corrected chi connectivity index (χ0v) is 9.88. The summed E-state index contributed by atoms with van der Waals surface area (Å²) in [6.07, 6.45) is 1.02. The fraction of sp³-hybridized carbons (Fsp3) is 0.909. The molecule has 0 aromatic carbocycles. The Kier molecular flexibility index (Phi) is 6.75. The van der Waals surface area contributed by atoms with E-state index in [9.17, 15) is 4.79 Å². The van der Waals surface area contributed by atoms with Gasteiger partial charge in [-0.2, -0.15) is 0 Å². The molecule has 0 rings (SSSR count). The lowest BCUT2D eigenvalue weighted by Crippen LogP contribution is -2.37. The summed E-state index contributed by atoms with van der Waals surface area (Å²) < 4.78 is 5.28. The summed E-state index contributed by atoms with van der Waals surface area (Å²) in [6.45, 7) is 12.2. The predicted octanol–water partition coefficient (Wildman–Crippen LogP) is 1.57. The molecule has 0 N–H and O–H groups in total. The van der Waals surface area contributed by atoms with Crippen LogP contribution in [0.15, 0.2) is 0 Å². The molecular formula is C11H23NO2. The van der Waals surface area contributed by atoms with Crippen LogP contribution < -0.4 is 0 Å². The summed E-state index contributed by atoms with van der Waals surface area (Å²) in [5, 5.41) is 0. The Morgan fingerprint density at radius 1 is 1.36 bits per heavy atom. The molecule has 0 spiro atoms. The van der Waals surface area contributed by atoms with E-state index in [-0.39, 0.29) is 5.41 Å². The minimum absolute atomic E-state index is 0.248. The number of ether oxygens (including phenoxy) is 1. The van der Waals surface area contributed by atoms with Gasteiger partial charge in [-0.1, -0.05) is 20.8 Å². The molecule has 0 atom stereocenters. The highest BCUT2D eigenvalue weighted by atomic mass is 16.5. The molecule has 0 unspecified atom stereocenters. The number of aldehydes is 1. The van der Waals surface area contributed by atoms with Crippen LogP contribution in [0.5, 0.6) is 0 Å². The van der Waals surface area contributed by atoms with Crippen molar-refractivity contribution in [1.82, 2.24) is 4.90 Å². The smallest absolute Gasteiger partial charge is 0.126 e. The lowest BCUT2D eigenvalue weighted by Gasteiger charge is -2.27. The van der Waals surface area contributed by atoms with Gasteiger partial charge < -0.3 is 14.4 Å². The van der Waals surface area contributed by atoms with Gasteiger partial charge in [-0.05, 0) is 13.5 Å². The molecule has 0 amide bonds. The molecule has 0 radical (unpaired) electrons. The maximum absolute atomic E-state index is 10.8. The van der Waals surface area contributed by atoms with E-state index >= 15 is 0 Å². The molecule has 0 aromatic rings. The molecule has 0 bridgehead atoms. The molecule has 0 aliphatic rings. The van der Waals surface area contributed by atoms with Gasteiger partial charge in [0, 0.05) is 25.1 Å². The minimum Gasteiger partial charge on any atom is -0.380 e. The predicted molar refractivity (Wildman–Crippen MR) is 58.5 cm³/mol. The molecular weight excluding hydrogens is 178 g/mol. The van der Waals surface area contributed by atoms with Gasteiger partial charge in [0.25, 0.3) is 0 Å². The summed E-state index contributed by atoms with van der Waals surface area (Å²) in [4.78, 5) is 13.0. The summed E-state index contributed by atoms with van der Waals surface area (Å²) >= 11 is 0. The Balaban J connectivity index is 3.84. The third-order valence-electron chi connectivity index (χ3n) is 2.15. The Morgan fingerprint density at radius 3 is 2.43 bits per heavy atom. The van der Waals surface area contributed by atoms with E-state index in [4.69, 9.17) is 4.74 Å². The largest absolute Gasteiger partial charge is 0.380 e. The van der Waals surface area contributed by atoms with Crippen molar-refractivity contribution in [2.45, 2.75) is 27.7 Å². The molecule has 0 saturated heterocycles. The number of carbonyl (C=O) groups excluding carboxylic acids is 1. The maximum atomic E-state index is 10.8. The average molecular weight is 201 g/mol. The summed E-state index contributed by atoms with van der Waals surface area (Å²) in [5.41, 5.74) is -0.248. The van der Waals surface area contributed by atoms with Crippen LogP contribution >= 0.6 is 0 Å². The van der Waals surface area contributed by atoms with Gasteiger partial charge in [-0.25, -0.2) is 0 Å². The van der Waals surface area contributed by atoms with Crippen molar-refractivity contribution < 1.29 is 9.53 Å². The number of hydrogen-bond acceptors (Lipinski definition) is 3. The third-order valence-corrected chi connectivity index (χ3v) is 2.15. The van der Waals surface area contributed by atoms with Crippen molar-refractivity contribution in [3.05, 3.63) is 0 Å². The van der Waals surface area contributed by atoms with E-state index < -0.39 is 0 Å². The molecule has 0 aliphatic heterocycles. The lowest BCUT2D eigenvalue weighted by atomic mass is 9.95. The second-order valence-corrected chi connectivity index (χ2v) is 4.17. The highest BCUT2D eigenvalue weighted by Gasteiger charge is 2.19. The van der Waals surface area contributed by atoms with Crippen molar-refractivity contribution in [3.8, 4) is 0 Å². The van der Waals surface area contributed by atoms with E-state index in [1.54, 1.807) is 0 Å². The van der Waals surface area contributed by atoms with Gasteiger partial charge in [0.15, 0.2) is 0 Å². The van der Waals surface area contributed by atoms with Crippen LogP contribution in [-0.2, 0) is 9.53 Å². The van der Waals surface area contributed by atoms with E-state index in [1.807, 2.05) is 20.8 Å². The van der Waals surface area contributed by atoms with Gasteiger partial charge in [0.05, 0.1) is 6.61 Å². The van der Waals surface area contributed by atoms with Gasteiger partial charge in [0.1, 0.15) is 6.29 Å². The molecule has 14 heavy (non-hydrogen) atoms. The topological polar surface area (TPSA) is 29.5 Å². The second-order valence-electron chi connectivity index (χ2n) is 4.17. The van der Waals surface area contributed by atoms with Crippen molar-refractivity contribution >= 4 is 6.29 Å². The quantitative estimate of drug-likeness (QED) is 0.441. The van der Waals surface area contributed by atoms with Crippen LogP contribution in [0, 0.1) is 5.41 Å². The van der Waals surface area contributed by atoms with E-state index in [2.05, 4.69) is 11.8 Å². The summed E-state index contributed by atoms with van der Waals surface area (Å²) in [7, 11) is 0. The van der Waals surface area contributed by atoms with Crippen molar-refractivity contribution in [1.29, 1.82) is 0 Å². The first-order chi connectivity index (χ1) is 6.55. The number of hydrogen-bond donors (Lipinski definition) is 0. The molecule has 0 fully saturated rings. The molecule has 0 aliphatic carbocycles. The van der Waals surface area contributed by atoms with Crippen LogP contribution in [0.1, 0.15) is 27.7 Å². The van der Waals surface area contributed by atoms with Gasteiger partial charge in [-0.3, -0.25) is 0 Å². The first-order valence-electron chi connectivity index (χ1n) is 5.32. The summed E-state index contributed by atoms with van der Waals surface area (Å²) in [6, 6.07) is 0. The van der Waals surface area contributed by atoms with E-state index in [0.717, 1.165) is 39.1 Å². The van der Waals surface area contributed by atoms with Crippen molar-refractivity contribution in [2.75, 3.05) is 32.8 Å². The van der Waals surface area contributed by atoms with Gasteiger partial charge >= 0.3 is 0 Å². The fourth-order valence-electron chi connectivity index (χ4n) is 1.30. The SMILES string of the molecule is CCOCCN(CC)CC(C)(C)C=O. The highest BCUT2D eigenvalue weighted by Crippen LogP contribution is 2.12. The number of nitrogens with zero attached hydrogens (tertiary/aromatic N) is 1. The average Bonchev–Trinajstić information content (AvgIpc) is 2.16. The Hall–Kier alpha value is -0.410. The molecule has 0 saturated carbocycles. The maximum Gasteiger partial charge on any atom is 0.126 e. The van der Waals surface area contributed by atoms with Crippen LogP contribution in [0.4, 0.5) is 0 Å². The van der Waals surface area contributed by atoms with Crippen LogP contribution in [-0.4, -0.2) is 44.0 Å². The van der Waals surface area contributed by atoms with Gasteiger partial charge in [0.2, 0.25) is 0 Å². The first kappa shape index (κ1) is 13.6. The zero-order chi connectivity index (χ0) is 11.0. The van der Waals surface area contributed by atoms with E-state index in [0.29, 0.717) is 0 Å². The molecule has 0 heterocycles. The Bertz CT molecular complexity index is 157. The lowest BCUT2D eigenvalue weighted by molar-refractivity contribution is -0.115. The molecule has 0 aromatic heterocycles. The molecule has 3 heteroatoms. The highest BCUT2D eigenvalue weighted by molar-refractivity contribution is 5.58. The van der Waals surface area contributed by atoms with Crippen molar-refractivity contribution in [3.63, 3.8) is 0 Å². The summed E-state index contributed by atoms with van der Waals surface area (Å²) in [5.74, 6) is 0. The number of rotatable bonds is 8. The standard InChI is InChI=1S/C11H23NO2/c1-5-12(7-8-14-6-2)9-11(3,4)10-13/h10H,5-9H2,1-4H3. The first-order valence-corrected chi connectivity index (χ1v) is 5.32. The van der Waals surface area contributed by atoms with E-state index in [1.165, 1.54) is 0 Å². The second kappa shape index (κ2) is 6.96. The minimum atomic E-state index is -0.248. The van der Waals surface area contributed by atoms with Crippen LogP contribution in [0.25, 0.3) is 0 Å². The zero-order valence-electron chi connectivity index (χ0n) is 9.88.